The SMILES string of the molecule is COc1ccc(OC)c(N(CC(=O)NC(C)(C)CC(C)(C)C)S(=O)(=O)c2ccc(C)cc2)c1. The molecule has 2 aromatic carbocycles. The molecule has 0 saturated carbocycles. The Morgan fingerprint density at radius 1 is 0.970 bits per heavy atom. The topological polar surface area (TPSA) is 84.9 Å². The zero-order valence-electron chi connectivity index (χ0n) is 20.9. The van der Waals surface area contributed by atoms with Crippen LogP contribution < -0.4 is 19.1 Å². The summed E-state index contributed by atoms with van der Waals surface area (Å²) >= 11 is 0. The highest BCUT2D eigenvalue weighted by atomic mass is 32.2. The summed E-state index contributed by atoms with van der Waals surface area (Å²) in [6.45, 7) is 11.6. The predicted octanol–water partition coefficient (Wildman–Crippen LogP) is 4.54. The van der Waals surface area contributed by atoms with Crippen LogP contribution in [-0.4, -0.2) is 40.6 Å². The van der Waals surface area contributed by atoms with Crippen LogP contribution in [0.3, 0.4) is 0 Å². The lowest BCUT2D eigenvalue weighted by Crippen LogP contribution is -2.50. The van der Waals surface area contributed by atoms with Crippen LogP contribution in [0.1, 0.15) is 46.6 Å². The number of sulfonamides is 1. The van der Waals surface area contributed by atoms with Crippen LogP contribution in [-0.2, 0) is 14.8 Å². The second-order valence-corrected chi connectivity index (χ2v) is 11.9. The van der Waals surface area contributed by atoms with Crippen LogP contribution in [0.15, 0.2) is 47.4 Å². The highest BCUT2D eigenvalue weighted by molar-refractivity contribution is 7.92. The Morgan fingerprint density at radius 2 is 1.58 bits per heavy atom. The van der Waals surface area contributed by atoms with E-state index in [2.05, 4.69) is 26.1 Å². The number of rotatable bonds is 9. The Morgan fingerprint density at radius 3 is 2.09 bits per heavy atom. The van der Waals surface area contributed by atoms with Gasteiger partial charge >= 0.3 is 0 Å². The number of carbonyl (C=O) groups excluding carboxylic acids is 1. The molecular formula is C25H36N2O5S. The van der Waals surface area contributed by atoms with Crippen molar-refractivity contribution in [1.82, 2.24) is 5.32 Å². The monoisotopic (exact) mass is 476 g/mol. The minimum Gasteiger partial charge on any atom is -0.497 e. The van der Waals surface area contributed by atoms with E-state index in [0.717, 1.165) is 16.3 Å². The third kappa shape index (κ3) is 7.12. The molecule has 1 N–H and O–H groups in total. The third-order valence-electron chi connectivity index (χ3n) is 5.00. The zero-order chi connectivity index (χ0) is 25.0. The highest BCUT2D eigenvalue weighted by Gasteiger charge is 2.32. The van der Waals surface area contributed by atoms with Gasteiger partial charge in [-0.3, -0.25) is 9.10 Å². The van der Waals surface area contributed by atoms with E-state index in [1.807, 2.05) is 20.8 Å². The van der Waals surface area contributed by atoms with Crippen LogP contribution in [0, 0.1) is 12.3 Å². The molecule has 0 radical (unpaired) electrons. The molecule has 0 fully saturated rings. The smallest absolute Gasteiger partial charge is 0.264 e. The van der Waals surface area contributed by atoms with Crippen molar-refractivity contribution in [1.29, 1.82) is 0 Å². The van der Waals surface area contributed by atoms with Gasteiger partial charge in [0.15, 0.2) is 0 Å². The second-order valence-electron chi connectivity index (χ2n) is 10.0. The number of hydrogen-bond donors (Lipinski definition) is 1. The Bertz CT molecular complexity index is 1070. The number of ether oxygens (including phenoxy) is 2. The van der Waals surface area contributed by atoms with E-state index in [0.29, 0.717) is 11.5 Å². The van der Waals surface area contributed by atoms with Gasteiger partial charge in [0.1, 0.15) is 18.0 Å². The lowest BCUT2D eigenvalue weighted by Gasteiger charge is -2.34. The van der Waals surface area contributed by atoms with Crippen molar-refractivity contribution >= 4 is 21.6 Å². The third-order valence-corrected chi connectivity index (χ3v) is 6.77. The van der Waals surface area contributed by atoms with Crippen molar-refractivity contribution in [3.8, 4) is 11.5 Å². The predicted molar refractivity (Wildman–Crippen MR) is 132 cm³/mol. The molecule has 8 heteroatoms. The Labute approximate surface area is 198 Å². The first-order valence-corrected chi connectivity index (χ1v) is 12.2. The normalized spacial score (nSPS) is 12.2. The molecule has 0 heterocycles. The molecule has 0 atom stereocenters. The molecular weight excluding hydrogens is 440 g/mol. The number of amides is 1. The van der Waals surface area contributed by atoms with Gasteiger partial charge in [-0.1, -0.05) is 38.5 Å². The minimum atomic E-state index is -4.08. The van der Waals surface area contributed by atoms with Crippen LogP contribution in [0.2, 0.25) is 0 Å². The van der Waals surface area contributed by atoms with Crippen LogP contribution in [0.25, 0.3) is 0 Å². The first kappa shape index (κ1) is 26.5. The van der Waals surface area contributed by atoms with Crippen LogP contribution >= 0.6 is 0 Å². The minimum absolute atomic E-state index is 0.0134. The summed E-state index contributed by atoms with van der Waals surface area (Å²) in [6, 6.07) is 11.4. The van der Waals surface area contributed by atoms with Gasteiger partial charge in [0.25, 0.3) is 10.0 Å². The van der Waals surface area contributed by atoms with Crippen molar-refractivity contribution in [3.05, 3.63) is 48.0 Å². The number of methoxy groups -OCH3 is 2. The molecule has 182 valence electrons. The molecule has 1 amide bonds. The molecule has 2 rings (SSSR count). The Hall–Kier alpha value is -2.74. The Balaban J connectivity index is 2.52. The molecule has 0 aliphatic rings. The van der Waals surface area contributed by atoms with E-state index in [1.165, 1.54) is 26.4 Å². The molecule has 2 aromatic rings. The number of anilines is 1. The van der Waals surface area contributed by atoms with Gasteiger partial charge in [0.05, 0.1) is 24.8 Å². The zero-order valence-corrected chi connectivity index (χ0v) is 21.7. The van der Waals surface area contributed by atoms with E-state index in [-0.39, 0.29) is 16.0 Å². The molecule has 0 aromatic heterocycles. The number of nitrogens with zero attached hydrogens (tertiary/aromatic N) is 1. The van der Waals surface area contributed by atoms with Crippen LogP contribution in [0.4, 0.5) is 5.69 Å². The van der Waals surface area contributed by atoms with Crippen molar-refractivity contribution in [2.24, 2.45) is 5.41 Å². The van der Waals surface area contributed by atoms with Crippen molar-refractivity contribution in [3.63, 3.8) is 0 Å². The molecule has 0 bridgehead atoms. The van der Waals surface area contributed by atoms with Gasteiger partial charge in [-0.15, -0.1) is 0 Å². The number of carbonyl (C=O) groups is 1. The molecule has 7 nitrogen and oxygen atoms in total. The van der Waals surface area contributed by atoms with E-state index >= 15 is 0 Å². The average Bonchev–Trinajstić information content (AvgIpc) is 2.69. The van der Waals surface area contributed by atoms with E-state index < -0.39 is 28.0 Å². The molecule has 33 heavy (non-hydrogen) atoms. The van der Waals surface area contributed by atoms with Gasteiger partial charge in [-0.2, -0.15) is 0 Å². The van der Waals surface area contributed by atoms with Crippen molar-refractivity contribution < 1.29 is 22.7 Å². The summed E-state index contributed by atoms with van der Waals surface area (Å²) in [7, 11) is -1.13. The van der Waals surface area contributed by atoms with Gasteiger partial charge in [-0.05, 0) is 56.9 Å². The summed E-state index contributed by atoms with van der Waals surface area (Å²) in [6.07, 6.45) is 0.721. The molecule has 0 aliphatic carbocycles. The fourth-order valence-electron chi connectivity index (χ4n) is 4.05. The second kappa shape index (κ2) is 10.0. The summed E-state index contributed by atoms with van der Waals surface area (Å²) < 4.78 is 39.2. The maximum Gasteiger partial charge on any atom is 0.264 e. The highest BCUT2D eigenvalue weighted by Crippen LogP contribution is 2.36. The fraction of sp³-hybridized carbons (Fsp3) is 0.480. The number of benzene rings is 2. The molecule has 0 aliphatic heterocycles. The lowest BCUT2D eigenvalue weighted by atomic mass is 9.82. The first-order valence-electron chi connectivity index (χ1n) is 10.8. The van der Waals surface area contributed by atoms with Crippen molar-refractivity contribution in [2.45, 2.75) is 58.4 Å². The summed E-state index contributed by atoms with van der Waals surface area (Å²) in [5.74, 6) is 0.349. The summed E-state index contributed by atoms with van der Waals surface area (Å²) in [5, 5.41) is 2.99. The largest absolute Gasteiger partial charge is 0.497 e. The summed E-state index contributed by atoms with van der Waals surface area (Å²) in [5.41, 5.74) is 0.621. The number of aryl methyl sites for hydroxylation is 1. The van der Waals surface area contributed by atoms with Gasteiger partial charge < -0.3 is 14.8 Å². The molecule has 0 spiro atoms. The quantitative estimate of drug-likeness (QED) is 0.574. The fourth-order valence-corrected chi connectivity index (χ4v) is 5.47. The lowest BCUT2D eigenvalue weighted by molar-refractivity contribution is -0.121. The van der Waals surface area contributed by atoms with Gasteiger partial charge in [-0.25, -0.2) is 8.42 Å². The van der Waals surface area contributed by atoms with E-state index in [9.17, 15) is 13.2 Å². The number of hydrogen-bond acceptors (Lipinski definition) is 5. The van der Waals surface area contributed by atoms with Gasteiger partial charge in [0.2, 0.25) is 5.91 Å². The molecule has 0 saturated heterocycles. The average molecular weight is 477 g/mol. The maximum atomic E-state index is 13.7. The maximum absolute atomic E-state index is 13.7. The van der Waals surface area contributed by atoms with Crippen LogP contribution in [0.5, 0.6) is 11.5 Å². The molecule has 0 unspecified atom stereocenters. The van der Waals surface area contributed by atoms with E-state index in [1.54, 1.807) is 30.3 Å². The van der Waals surface area contributed by atoms with Gasteiger partial charge in [0, 0.05) is 11.6 Å². The van der Waals surface area contributed by atoms with Crippen molar-refractivity contribution in [2.75, 3.05) is 25.1 Å². The number of nitrogens with one attached hydrogen (secondary N) is 1. The summed E-state index contributed by atoms with van der Waals surface area (Å²) in [4.78, 5) is 13.2. The standard InChI is InChI=1S/C25H36N2O5S/c1-18-9-12-20(13-10-18)33(29,30)27(21-15-19(31-7)11-14-22(21)32-8)16-23(28)26-25(5,6)17-24(2,3)4/h9-15H,16-17H2,1-8H3,(H,26,28). The first-order chi connectivity index (χ1) is 15.2. The Kier molecular flexibility index (Phi) is 8.06. The van der Waals surface area contributed by atoms with E-state index in [4.69, 9.17) is 9.47 Å².